The average molecular weight is 504 g/mol. The number of carbonyl (C=O) groups excluding carboxylic acids is 1. The molecule has 0 spiro atoms. The number of pyridine rings is 1. The summed E-state index contributed by atoms with van der Waals surface area (Å²) < 4.78 is 0. The Morgan fingerprint density at radius 2 is 1.92 bits per heavy atom. The zero-order valence-electron chi connectivity index (χ0n) is 22.5. The molecule has 4 aliphatic rings. The highest BCUT2D eigenvalue weighted by molar-refractivity contribution is 5.92. The monoisotopic (exact) mass is 503 g/mol. The van der Waals surface area contributed by atoms with Crippen LogP contribution < -0.4 is 5.43 Å². The first-order valence-electron chi connectivity index (χ1n) is 14.3. The van der Waals surface area contributed by atoms with Gasteiger partial charge in [0.2, 0.25) is 0 Å². The summed E-state index contributed by atoms with van der Waals surface area (Å²) in [7, 11) is 1.92. The lowest BCUT2D eigenvalue weighted by molar-refractivity contribution is -0.0893. The zero-order chi connectivity index (χ0) is 25.9. The highest BCUT2D eigenvalue weighted by Crippen LogP contribution is 2.70. The van der Waals surface area contributed by atoms with Gasteiger partial charge >= 0.3 is 0 Å². The molecule has 198 valence electrons. The summed E-state index contributed by atoms with van der Waals surface area (Å²) in [6, 6.07) is 9.46. The number of benzene rings is 1. The quantitative estimate of drug-likeness (QED) is 0.598. The topological polar surface area (TPSA) is 76.6 Å². The van der Waals surface area contributed by atoms with E-state index in [-0.39, 0.29) is 28.2 Å². The van der Waals surface area contributed by atoms with Gasteiger partial charge in [-0.25, -0.2) is 0 Å². The third-order valence-electron chi connectivity index (χ3n) is 10.9. The lowest BCUT2D eigenvalue weighted by Gasteiger charge is -2.64. The summed E-state index contributed by atoms with van der Waals surface area (Å²) in [4.78, 5) is 33.3. The normalized spacial score (nSPS) is 33.2. The zero-order valence-corrected chi connectivity index (χ0v) is 22.5. The van der Waals surface area contributed by atoms with Gasteiger partial charge in [0.1, 0.15) is 11.4 Å². The highest BCUT2D eigenvalue weighted by atomic mass is 16.3. The van der Waals surface area contributed by atoms with Gasteiger partial charge in [-0.3, -0.25) is 14.5 Å². The number of aromatic hydroxyl groups is 1. The van der Waals surface area contributed by atoms with Crippen LogP contribution in [0.2, 0.25) is 0 Å². The van der Waals surface area contributed by atoms with Crippen LogP contribution in [0.3, 0.4) is 0 Å². The van der Waals surface area contributed by atoms with E-state index in [4.69, 9.17) is 0 Å². The number of hydrogen-bond donors (Lipinski definition) is 2. The Labute approximate surface area is 220 Å². The Bertz CT molecular complexity index is 1250. The van der Waals surface area contributed by atoms with Crippen molar-refractivity contribution in [1.29, 1.82) is 0 Å². The van der Waals surface area contributed by atoms with Crippen molar-refractivity contribution < 1.29 is 9.90 Å². The van der Waals surface area contributed by atoms with Gasteiger partial charge in [0.25, 0.3) is 5.91 Å². The molecule has 3 aliphatic carbocycles. The van der Waals surface area contributed by atoms with E-state index in [0.717, 1.165) is 44.6 Å². The van der Waals surface area contributed by atoms with E-state index in [9.17, 15) is 14.7 Å². The number of phenolic OH excluding ortho intramolecular Hbond substituents is 1. The molecule has 6 nitrogen and oxygen atoms in total. The van der Waals surface area contributed by atoms with Crippen LogP contribution >= 0.6 is 0 Å². The third kappa shape index (κ3) is 3.70. The third-order valence-corrected chi connectivity index (χ3v) is 10.9. The van der Waals surface area contributed by atoms with Gasteiger partial charge in [-0.2, -0.15) is 0 Å². The Balaban J connectivity index is 1.44. The molecule has 1 aromatic heterocycles. The van der Waals surface area contributed by atoms with Crippen molar-refractivity contribution in [2.24, 2.45) is 17.3 Å². The number of phenols is 1. The van der Waals surface area contributed by atoms with Gasteiger partial charge in [0.05, 0.1) is 0 Å². The maximum Gasteiger partial charge on any atom is 0.270 e. The summed E-state index contributed by atoms with van der Waals surface area (Å²) >= 11 is 0. The van der Waals surface area contributed by atoms with Crippen molar-refractivity contribution in [3.8, 4) is 5.75 Å². The lowest BCUT2D eigenvalue weighted by Crippen LogP contribution is -2.67. The Morgan fingerprint density at radius 3 is 2.65 bits per heavy atom. The fraction of sp³-hybridized carbons (Fsp3) is 0.613. The molecule has 4 fully saturated rings. The SMILES string of the molecule is CCc1ccc(O)cc1C12CCN(CC3CC3)C(C)C13CCC(N(C)C(=O)c1cc(=O)cc[nH]1)C2CC3. The second-order valence-corrected chi connectivity index (χ2v) is 12.3. The van der Waals surface area contributed by atoms with Crippen molar-refractivity contribution >= 4 is 5.91 Å². The number of rotatable bonds is 6. The smallest absolute Gasteiger partial charge is 0.270 e. The first kappa shape index (κ1) is 24.7. The first-order valence-corrected chi connectivity index (χ1v) is 14.3. The van der Waals surface area contributed by atoms with Crippen LogP contribution in [-0.2, 0) is 11.8 Å². The molecule has 2 heterocycles. The molecule has 1 aliphatic heterocycles. The Morgan fingerprint density at radius 1 is 1.14 bits per heavy atom. The number of aryl methyl sites for hydroxylation is 1. The van der Waals surface area contributed by atoms with Crippen LogP contribution in [0.25, 0.3) is 0 Å². The molecule has 37 heavy (non-hydrogen) atoms. The van der Waals surface area contributed by atoms with E-state index in [1.165, 1.54) is 49.1 Å². The fourth-order valence-electron chi connectivity index (χ4n) is 8.96. The Kier molecular flexibility index (Phi) is 6.02. The molecule has 6 heteroatoms. The van der Waals surface area contributed by atoms with E-state index in [1.807, 2.05) is 18.0 Å². The van der Waals surface area contributed by atoms with Gasteiger partial charge in [-0.1, -0.05) is 13.0 Å². The van der Waals surface area contributed by atoms with Crippen LogP contribution in [0.1, 0.15) is 80.4 Å². The molecule has 2 aromatic rings. The van der Waals surface area contributed by atoms with Crippen molar-refractivity contribution in [3.63, 3.8) is 0 Å². The second-order valence-electron chi connectivity index (χ2n) is 12.3. The molecule has 2 bridgehead atoms. The molecule has 0 radical (unpaired) electrons. The van der Waals surface area contributed by atoms with Gasteiger partial charge in [-0.15, -0.1) is 0 Å². The van der Waals surface area contributed by atoms with Crippen LogP contribution in [0, 0.1) is 17.3 Å². The predicted molar refractivity (Wildman–Crippen MR) is 145 cm³/mol. The number of hydrogen-bond acceptors (Lipinski definition) is 4. The minimum absolute atomic E-state index is 0.0713. The maximum absolute atomic E-state index is 13.6. The lowest BCUT2D eigenvalue weighted by atomic mass is 9.46. The molecule has 5 atom stereocenters. The van der Waals surface area contributed by atoms with E-state index in [0.29, 0.717) is 23.4 Å². The molecule has 1 aromatic carbocycles. The molecule has 1 saturated heterocycles. The summed E-state index contributed by atoms with van der Waals surface area (Å²) in [5.74, 6) is 1.42. The molecule has 5 unspecified atom stereocenters. The van der Waals surface area contributed by atoms with Crippen LogP contribution in [0.5, 0.6) is 5.75 Å². The molecular weight excluding hydrogens is 462 g/mol. The molecular formula is C31H41N3O3. The number of aromatic nitrogens is 1. The average Bonchev–Trinajstić information content (AvgIpc) is 3.69. The van der Waals surface area contributed by atoms with Crippen molar-refractivity contribution in [2.75, 3.05) is 20.1 Å². The number of aromatic amines is 1. The molecule has 3 saturated carbocycles. The van der Waals surface area contributed by atoms with E-state index < -0.39 is 0 Å². The van der Waals surface area contributed by atoms with Gasteiger partial charge < -0.3 is 15.0 Å². The largest absolute Gasteiger partial charge is 0.508 e. The highest BCUT2D eigenvalue weighted by Gasteiger charge is 2.69. The second kappa shape index (κ2) is 9.00. The number of likely N-dealkylation sites (tertiary alicyclic amines) is 1. The summed E-state index contributed by atoms with van der Waals surface area (Å²) in [6.45, 7) is 6.98. The molecule has 1 amide bonds. The summed E-state index contributed by atoms with van der Waals surface area (Å²) in [6.07, 6.45) is 10.6. The fourth-order valence-corrected chi connectivity index (χ4v) is 8.96. The molecule has 6 rings (SSSR count). The van der Waals surface area contributed by atoms with E-state index in [1.54, 1.807) is 6.20 Å². The van der Waals surface area contributed by atoms with E-state index >= 15 is 0 Å². The number of carbonyl (C=O) groups is 1. The predicted octanol–water partition coefficient (Wildman–Crippen LogP) is 4.72. The summed E-state index contributed by atoms with van der Waals surface area (Å²) in [5, 5.41) is 10.7. The van der Waals surface area contributed by atoms with Crippen LogP contribution in [0.4, 0.5) is 0 Å². The summed E-state index contributed by atoms with van der Waals surface area (Å²) in [5.41, 5.74) is 2.94. The van der Waals surface area contributed by atoms with Crippen molar-refractivity contribution in [2.45, 2.75) is 82.7 Å². The van der Waals surface area contributed by atoms with Crippen LogP contribution in [0.15, 0.2) is 41.3 Å². The standard InChI is InChI=1S/C31H41N3O3/c1-4-22-7-8-23(35)17-26(22)31-14-16-34(19-21-5-6-21)20(2)30(31)12-9-25(31)28(10-13-30)33(3)29(37)27-18-24(36)11-15-32-27/h7-8,11,15,17-18,20-21,25,28,35H,4-6,9-10,12-14,16,19H2,1-3H3,(H,32,36). The van der Waals surface area contributed by atoms with Gasteiger partial charge in [0.15, 0.2) is 5.43 Å². The number of nitrogens with one attached hydrogen (secondary N) is 1. The van der Waals surface area contributed by atoms with Crippen LogP contribution in [-0.4, -0.2) is 58.0 Å². The van der Waals surface area contributed by atoms with Crippen molar-refractivity contribution in [1.82, 2.24) is 14.8 Å². The van der Waals surface area contributed by atoms with Gasteiger partial charge in [0, 0.05) is 49.4 Å². The Hall–Kier alpha value is -2.60. The number of amides is 1. The minimum Gasteiger partial charge on any atom is -0.508 e. The number of H-pyrrole nitrogens is 1. The van der Waals surface area contributed by atoms with Gasteiger partial charge in [-0.05, 0) is 105 Å². The van der Waals surface area contributed by atoms with Crippen molar-refractivity contribution in [3.05, 3.63) is 63.6 Å². The first-order chi connectivity index (χ1) is 17.8. The number of piperidine rings is 1. The molecule has 2 N–H and O–H groups in total. The van der Waals surface area contributed by atoms with E-state index in [2.05, 4.69) is 35.9 Å². The maximum atomic E-state index is 13.6. The minimum atomic E-state index is -0.153. The number of nitrogens with zero attached hydrogens (tertiary/aromatic N) is 2.